The Morgan fingerprint density at radius 3 is 2.87 bits per heavy atom. The molecule has 0 aliphatic carbocycles. The Balaban J connectivity index is 2.24. The number of Topliss-reactive ketones (excluding diaryl/α,β-unsaturated/α-hetero) is 1. The Morgan fingerprint density at radius 2 is 2.22 bits per heavy atom. The van der Waals surface area contributed by atoms with Crippen molar-refractivity contribution >= 4 is 28.6 Å². The first-order valence-corrected chi connectivity index (χ1v) is 8.03. The van der Waals surface area contributed by atoms with Crippen molar-refractivity contribution in [2.75, 3.05) is 19.5 Å². The lowest BCUT2D eigenvalue weighted by atomic mass is 10.2. The number of rotatable bonds is 7. The van der Waals surface area contributed by atoms with E-state index in [4.69, 9.17) is 15.7 Å². The molecule has 0 bridgehead atoms. The molecule has 7 heteroatoms. The summed E-state index contributed by atoms with van der Waals surface area (Å²) < 4.78 is 7.16. The molecule has 120 valence electrons. The lowest BCUT2D eigenvalue weighted by molar-refractivity contribution is -0.112. The molecule has 0 aliphatic rings. The zero-order chi connectivity index (χ0) is 16.8. The number of nitrogens with two attached hydrogens (primary N) is 1. The van der Waals surface area contributed by atoms with Gasteiger partial charge in [-0.3, -0.25) is 4.79 Å². The van der Waals surface area contributed by atoms with Crippen LogP contribution in [-0.4, -0.2) is 34.8 Å². The molecule has 1 aromatic heterocycles. The summed E-state index contributed by atoms with van der Waals surface area (Å²) in [5, 5.41) is 9.72. The number of ether oxygens (including phenoxy) is 1. The summed E-state index contributed by atoms with van der Waals surface area (Å²) in [6.45, 7) is 2.74. The van der Waals surface area contributed by atoms with Gasteiger partial charge < -0.3 is 15.0 Å². The number of aromatic nitrogens is 2. The summed E-state index contributed by atoms with van der Waals surface area (Å²) in [6, 6.07) is 9.63. The molecule has 6 nitrogen and oxygen atoms in total. The fraction of sp³-hybridized carbons (Fsp3) is 0.312. The van der Waals surface area contributed by atoms with Crippen molar-refractivity contribution in [3.05, 3.63) is 35.5 Å². The number of carbonyl (C=O) groups is 1. The quantitative estimate of drug-likeness (QED) is 0.475. The predicted octanol–water partition coefficient (Wildman–Crippen LogP) is 2.10. The van der Waals surface area contributed by atoms with Gasteiger partial charge in [-0.25, -0.2) is 4.98 Å². The second-order valence-corrected chi connectivity index (χ2v) is 5.85. The van der Waals surface area contributed by atoms with Crippen molar-refractivity contribution in [2.24, 2.45) is 5.73 Å². The molecule has 1 aromatic carbocycles. The van der Waals surface area contributed by atoms with Crippen molar-refractivity contribution in [3.63, 3.8) is 0 Å². The molecular weight excluding hydrogens is 312 g/mol. The van der Waals surface area contributed by atoms with Gasteiger partial charge in [0, 0.05) is 19.4 Å². The van der Waals surface area contributed by atoms with E-state index in [0.717, 1.165) is 16.2 Å². The van der Waals surface area contributed by atoms with Gasteiger partial charge in [-0.2, -0.15) is 5.26 Å². The molecule has 0 aliphatic heterocycles. The Morgan fingerprint density at radius 1 is 1.48 bits per heavy atom. The number of nitriles is 1. The first kappa shape index (κ1) is 17.1. The van der Waals surface area contributed by atoms with E-state index < -0.39 is 0 Å². The lowest BCUT2D eigenvalue weighted by Crippen LogP contribution is -2.11. The summed E-state index contributed by atoms with van der Waals surface area (Å²) in [5.74, 6) is -0.170. The molecule has 2 aromatic rings. The van der Waals surface area contributed by atoms with E-state index >= 15 is 0 Å². The number of fused-ring (bicyclic) bond motifs is 1. The number of para-hydroxylation sites is 2. The summed E-state index contributed by atoms with van der Waals surface area (Å²) in [4.78, 5) is 16.6. The van der Waals surface area contributed by atoms with Crippen LogP contribution in [0.3, 0.4) is 0 Å². The van der Waals surface area contributed by atoms with Crippen LogP contribution >= 0.6 is 11.8 Å². The van der Waals surface area contributed by atoms with Crippen molar-refractivity contribution in [1.29, 1.82) is 5.26 Å². The highest BCUT2D eigenvalue weighted by Crippen LogP contribution is 2.24. The number of methoxy groups -OCH3 is 1. The van der Waals surface area contributed by atoms with Gasteiger partial charge in [0.2, 0.25) is 0 Å². The predicted molar refractivity (Wildman–Crippen MR) is 89.8 cm³/mol. The van der Waals surface area contributed by atoms with Crippen LogP contribution in [0.4, 0.5) is 0 Å². The topological polar surface area (TPSA) is 93.9 Å². The molecule has 0 spiro atoms. The second-order valence-electron chi connectivity index (χ2n) is 4.91. The second kappa shape index (κ2) is 7.81. The SMILES string of the molecule is COCCn1c(SCC(=O)/C(C#N)=C(\C)N)nc2ccccc21. The van der Waals surface area contributed by atoms with E-state index in [1.807, 2.05) is 34.9 Å². The van der Waals surface area contributed by atoms with E-state index in [1.54, 1.807) is 14.0 Å². The summed E-state index contributed by atoms with van der Waals surface area (Å²) in [5.41, 5.74) is 7.67. The fourth-order valence-corrected chi connectivity index (χ4v) is 3.05. The standard InChI is InChI=1S/C16H18N4O2S/c1-11(18)12(9-17)15(21)10-23-16-19-13-5-3-4-6-14(13)20(16)7-8-22-2/h3-6H,7-8,10,18H2,1-2H3/b12-11+. The van der Waals surface area contributed by atoms with E-state index in [-0.39, 0.29) is 22.8 Å². The van der Waals surface area contributed by atoms with Gasteiger partial charge in [-0.15, -0.1) is 0 Å². The van der Waals surface area contributed by atoms with Crippen LogP contribution in [-0.2, 0) is 16.1 Å². The molecule has 0 fully saturated rings. The largest absolute Gasteiger partial charge is 0.401 e. The number of benzene rings is 1. The van der Waals surface area contributed by atoms with Crippen LogP contribution < -0.4 is 5.73 Å². The first-order valence-electron chi connectivity index (χ1n) is 7.05. The molecule has 0 amide bonds. The number of allylic oxidation sites excluding steroid dienone is 2. The molecule has 0 atom stereocenters. The van der Waals surface area contributed by atoms with Crippen molar-refractivity contribution in [2.45, 2.75) is 18.6 Å². The molecule has 1 heterocycles. The molecule has 0 saturated carbocycles. The summed E-state index contributed by atoms with van der Waals surface area (Å²) >= 11 is 1.30. The van der Waals surface area contributed by atoms with Crippen LogP contribution in [0.1, 0.15) is 6.92 Å². The zero-order valence-electron chi connectivity index (χ0n) is 13.1. The van der Waals surface area contributed by atoms with Crippen molar-refractivity contribution in [3.8, 4) is 6.07 Å². The van der Waals surface area contributed by atoms with Crippen LogP contribution in [0, 0.1) is 11.3 Å². The molecule has 0 unspecified atom stereocenters. The van der Waals surface area contributed by atoms with E-state index in [9.17, 15) is 4.79 Å². The van der Waals surface area contributed by atoms with E-state index in [0.29, 0.717) is 13.2 Å². The minimum atomic E-state index is -0.289. The van der Waals surface area contributed by atoms with Crippen LogP contribution in [0.25, 0.3) is 11.0 Å². The average Bonchev–Trinajstić information content (AvgIpc) is 2.88. The zero-order valence-corrected chi connectivity index (χ0v) is 13.9. The van der Waals surface area contributed by atoms with Gasteiger partial charge >= 0.3 is 0 Å². The van der Waals surface area contributed by atoms with Crippen molar-refractivity contribution < 1.29 is 9.53 Å². The van der Waals surface area contributed by atoms with E-state index in [1.165, 1.54) is 11.8 Å². The Kier molecular flexibility index (Phi) is 5.79. The number of hydrogen-bond acceptors (Lipinski definition) is 6. The maximum Gasteiger partial charge on any atom is 0.185 e. The Labute approximate surface area is 138 Å². The van der Waals surface area contributed by atoms with Crippen LogP contribution in [0.5, 0.6) is 0 Å². The molecule has 0 radical (unpaired) electrons. The van der Waals surface area contributed by atoms with E-state index in [2.05, 4.69) is 4.98 Å². The first-order chi connectivity index (χ1) is 11.1. The number of thioether (sulfide) groups is 1. The Bertz CT molecular complexity index is 785. The summed E-state index contributed by atoms with van der Waals surface area (Å²) in [6.07, 6.45) is 0. The molecule has 23 heavy (non-hydrogen) atoms. The van der Waals surface area contributed by atoms with Crippen molar-refractivity contribution in [1.82, 2.24) is 9.55 Å². The van der Waals surface area contributed by atoms with Gasteiger partial charge in [0.15, 0.2) is 10.9 Å². The number of ketones is 1. The third-order valence-electron chi connectivity index (χ3n) is 3.26. The molecule has 0 saturated heterocycles. The van der Waals surface area contributed by atoms with Gasteiger partial charge in [0.25, 0.3) is 0 Å². The number of hydrogen-bond donors (Lipinski definition) is 1. The third kappa shape index (κ3) is 3.92. The number of imidazole rings is 1. The fourth-order valence-electron chi connectivity index (χ4n) is 2.13. The highest BCUT2D eigenvalue weighted by Gasteiger charge is 2.16. The number of nitrogens with zero attached hydrogens (tertiary/aromatic N) is 3. The van der Waals surface area contributed by atoms with Crippen LogP contribution in [0.15, 0.2) is 40.7 Å². The summed E-state index contributed by atoms with van der Waals surface area (Å²) in [7, 11) is 1.64. The van der Waals surface area contributed by atoms with Gasteiger partial charge in [0.05, 0.1) is 23.4 Å². The minimum Gasteiger partial charge on any atom is -0.401 e. The lowest BCUT2D eigenvalue weighted by Gasteiger charge is -2.08. The molecule has 2 rings (SSSR count). The smallest absolute Gasteiger partial charge is 0.185 e. The number of carbonyl (C=O) groups excluding carboxylic acids is 1. The van der Waals surface area contributed by atoms with Gasteiger partial charge in [-0.1, -0.05) is 23.9 Å². The maximum atomic E-state index is 12.1. The normalized spacial score (nSPS) is 12.0. The third-order valence-corrected chi connectivity index (χ3v) is 4.23. The minimum absolute atomic E-state index is 0.0112. The average molecular weight is 330 g/mol. The maximum absolute atomic E-state index is 12.1. The monoisotopic (exact) mass is 330 g/mol. The molecule has 2 N–H and O–H groups in total. The van der Waals surface area contributed by atoms with Gasteiger partial charge in [-0.05, 0) is 19.1 Å². The van der Waals surface area contributed by atoms with Gasteiger partial charge in [0.1, 0.15) is 11.6 Å². The highest BCUT2D eigenvalue weighted by molar-refractivity contribution is 7.99. The highest BCUT2D eigenvalue weighted by atomic mass is 32.2. The van der Waals surface area contributed by atoms with Crippen LogP contribution in [0.2, 0.25) is 0 Å². The Hall–Kier alpha value is -2.30. The molecular formula is C16H18N4O2S.